The van der Waals surface area contributed by atoms with Gasteiger partial charge in [-0.1, -0.05) is 12.1 Å². The van der Waals surface area contributed by atoms with Gasteiger partial charge in [-0.05, 0) is 16.8 Å². The van der Waals surface area contributed by atoms with Crippen LogP contribution in [0.4, 0.5) is 0 Å². The van der Waals surface area contributed by atoms with Gasteiger partial charge in [0.25, 0.3) is 0 Å². The quantitative estimate of drug-likeness (QED) is 0.522. The fourth-order valence-electron chi connectivity index (χ4n) is 1.93. The maximum absolute atomic E-state index is 4.12. The number of rotatable bonds is 0. The Kier molecular flexibility index (Phi) is 1.39. The Morgan fingerprint density at radius 2 is 1.86 bits per heavy atom. The molecule has 2 aromatic heterocycles. The van der Waals surface area contributed by atoms with Gasteiger partial charge in [0.05, 0.1) is 0 Å². The van der Waals surface area contributed by atoms with Crippen molar-refractivity contribution in [1.82, 2.24) is 9.55 Å². The SMILES string of the molecule is Cn1cc2ccc3cnccc3c2c1. The van der Waals surface area contributed by atoms with Crippen molar-refractivity contribution in [3.05, 3.63) is 43.0 Å². The van der Waals surface area contributed by atoms with E-state index >= 15 is 0 Å². The number of aryl methyl sites for hydroxylation is 1. The van der Waals surface area contributed by atoms with Gasteiger partial charge in [-0.2, -0.15) is 0 Å². The maximum Gasteiger partial charge on any atom is 0.0346 e. The monoisotopic (exact) mass is 182 g/mol. The molecule has 0 atom stereocenters. The molecule has 0 saturated carbocycles. The van der Waals surface area contributed by atoms with Crippen molar-refractivity contribution >= 4 is 21.5 Å². The van der Waals surface area contributed by atoms with Crippen LogP contribution < -0.4 is 0 Å². The topological polar surface area (TPSA) is 17.8 Å². The van der Waals surface area contributed by atoms with E-state index in [0.29, 0.717) is 0 Å². The van der Waals surface area contributed by atoms with Crippen LogP contribution in [0.2, 0.25) is 0 Å². The molecular weight excluding hydrogens is 172 g/mol. The van der Waals surface area contributed by atoms with E-state index in [2.05, 4.69) is 40.1 Å². The summed E-state index contributed by atoms with van der Waals surface area (Å²) >= 11 is 0. The minimum absolute atomic E-state index is 1.20. The lowest BCUT2D eigenvalue weighted by atomic mass is 10.1. The van der Waals surface area contributed by atoms with Gasteiger partial charge in [-0.3, -0.25) is 4.98 Å². The molecule has 14 heavy (non-hydrogen) atoms. The summed E-state index contributed by atoms with van der Waals surface area (Å²) in [6.07, 6.45) is 8.03. The standard InChI is InChI=1S/C12H10N2/c1-14-7-10-3-2-9-6-13-5-4-11(9)12(10)8-14/h2-8H,1H3. The molecule has 0 bridgehead atoms. The van der Waals surface area contributed by atoms with Crippen molar-refractivity contribution < 1.29 is 0 Å². The molecule has 1 aromatic carbocycles. The predicted octanol–water partition coefficient (Wildman–Crippen LogP) is 2.73. The number of fused-ring (bicyclic) bond motifs is 3. The fraction of sp³-hybridized carbons (Fsp3) is 0.0833. The van der Waals surface area contributed by atoms with Crippen LogP contribution in [0.15, 0.2) is 43.0 Å². The van der Waals surface area contributed by atoms with Crippen molar-refractivity contribution in [3.63, 3.8) is 0 Å². The van der Waals surface area contributed by atoms with Crippen LogP contribution >= 0.6 is 0 Å². The van der Waals surface area contributed by atoms with Crippen LogP contribution in [0, 0.1) is 0 Å². The minimum Gasteiger partial charge on any atom is -0.356 e. The Morgan fingerprint density at radius 3 is 2.79 bits per heavy atom. The first-order chi connectivity index (χ1) is 6.84. The molecule has 2 heterocycles. The van der Waals surface area contributed by atoms with Crippen LogP contribution in [-0.2, 0) is 7.05 Å². The number of pyridine rings is 1. The lowest BCUT2D eigenvalue weighted by Gasteiger charge is -1.97. The van der Waals surface area contributed by atoms with Crippen molar-refractivity contribution in [3.8, 4) is 0 Å². The molecule has 2 heteroatoms. The molecule has 0 saturated heterocycles. The molecule has 3 aromatic rings. The molecule has 0 unspecified atom stereocenters. The van der Waals surface area contributed by atoms with E-state index in [-0.39, 0.29) is 0 Å². The number of benzene rings is 1. The summed E-state index contributed by atoms with van der Waals surface area (Å²) < 4.78 is 2.09. The van der Waals surface area contributed by atoms with E-state index in [1.165, 1.54) is 21.5 Å². The fourth-order valence-corrected chi connectivity index (χ4v) is 1.93. The van der Waals surface area contributed by atoms with E-state index in [1.807, 2.05) is 19.4 Å². The zero-order valence-electron chi connectivity index (χ0n) is 7.94. The largest absolute Gasteiger partial charge is 0.356 e. The first kappa shape index (κ1) is 7.56. The van der Waals surface area contributed by atoms with E-state index in [1.54, 1.807) is 0 Å². The van der Waals surface area contributed by atoms with Gasteiger partial charge in [0.1, 0.15) is 0 Å². The third-order valence-corrected chi connectivity index (χ3v) is 2.57. The molecule has 0 amide bonds. The number of nitrogens with zero attached hydrogens (tertiary/aromatic N) is 2. The molecule has 0 radical (unpaired) electrons. The van der Waals surface area contributed by atoms with Crippen molar-refractivity contribution in [2.24, 2.45) is 7.05 Å². The normalized spacial score (nSPS) is 11.2. The van der Waals surface area contributed by atoms with Crippen molar-refractivity contribution in [2.45, 2.75) is 0 Å². The Hall–Kier alpha value is -1.83. The summed E-state index contributed by atoms with van der Waals surface area (Å²) in [5.74, 6) is 0. The molecule has 2 nitrogen and oxygen atoms in total. The molecule has 0 aliphatic carbocycles. The summed E-state index contributed by atoms with van der Waals surface area (Å²) in [6.45, 7) is 0. The van der Waals surface area contributed by atoms with Gasteiger partial charge in [-0.15, -0.1) is 0 Å². The first-order valence-corrected chi connectivity index (χ1v) is 4.63. The second kappa shape index (κ2) is 2.58. The molecule has 0 spiro atoms. The van der Waals surface area contributed by atoms with Gasteiger partial charge in [0, 0.05) is 42.6 Å². The van der Waals surface area contributed by atoms with E-state index in [0.717, 1.165) is 0 Å². The van der Waals surface area contributed by atoms with Crippen LogP contribution in [0.5, 0.6) is 0 Å². The summed E-state index contributed by atoms with van der Waals surface area (Å²) in [7, 11) is 2.05. The van der Waals surface area contributed by atoms with Crippen LogP contribution in [-0.4, -0.2) is 9.55 Å². The summed E-state index contributed by atoms with van der Waals surface area (Å²) in [5.41, 5.74) is 0. The summed E-state index contributed by atoms with van der Waals surface area (Å²) in [5, 5.41) is 5.06. The average molecular weight is 182 g/mol. The van der Waals surface area contributed by atoms with Gasteiger partial charge in [0.15, 0.2) is 0 Å². The summed E-state index contributed by atoms with van der Waals surface area (Å²) in [4.78, 5) is 4.12. The first-order valence-electron chi connectivity index (χ1n) is 4.63. The van der Waals surface area contributed by atoms with E-state index in [4.69, 9.17) is 0 Å². The smallest absolute Gasteiger partial charge is 0.0346 e. The molecule has 0 aliphatic heterocycles. The van der Waals surface area contributed by atoms with Crippen LogP contribution in [0.25, 0.3) is 21.5 Å². The molecule has 0 aliphatic rings. The Bertz CT molecular complexity index is 608. The number of hydrogen-bond acceptors (Lipinski definition) is 1. The Balaban J connectivity index is 2.60. The third-order valence-electron chi connectivity index (χ3n) is 2.57. The molecule has 0 N–H and O–H groups in total. The van der Waals surface area contributed by atoms with Crippen molar-refractivity contribution in [1.29, 1.82) is 0 Å². The molecule has 0 fully saturated rings. The van der Waals surface area contributed by atoms with Gasteiger partial charge < -0.3 is 4.57 Å². The average Bonchev–Trinajstić information content (AvgIpc) is 2.59. The highest BCUT2D eigenvalue weighted by molar-refractivity contribution is 6.06. The van der Waals surface area contributed by atoms with Gasteiger partial charge in [0.2, 0.25) is 0 Å². The molecule has 68 valence electrons. The Labute approximate surface area is 81.8 Å². The zero-order chi connectivity index (χ0) is 9.54. The third kappa shape index (κ3) is 0.940. The molecule has 3 rings (SSSR count). The second-order valence-electron chi connectivity index (χ2n) is 3.59. The van der Waals surface area contributed by atoms with Crippen LogP contribution in [0.1, 0.15) is 0 Å². The number of hydrogen-bond donors (Lipinski definition) is 0. The zero-order valence-corrected chi connectivity index (χ0v) is 7.94. The highest BCUT2D eigenvalue weighted by atomic mass is 14.9. The van der Waals surface area contributed by atoms with E-state index < -0.39 is 0 Å². The van der Waals surface area contributed by atoms with E-state index in [9.17, 15) is 0 Å². The van der Waals surface area contributed by atoms with Crippen LogP contribution in [0.3, 0.4) is 0 Å². The van der Waals surface area contributed by atoms with Crippen molar-refractivity contribution in [2.75, 3.05) is 0 Å². The highest BCUT2D eigenvalue weighted by Crippen LogP contribution is 2.24. The molecular formula is C12H10N2. The van der Waals surface area contributed by atoms with Gasteiger partial charge >= 0.3 is 0 Å². The van der Waals surface area contributed by atoms with Gasteiger partial charge in [-0.25, -0.2) is 0 Å². The Morgan fingerprint density at radius 1 is 1.00 bits per heavy atom. The highest BCUT2D eigenvalue weighted by Gasteiger charge is 2.01. The predicted molar refractivity (Wildman–Crippen MR) is 58.2 cm³/mol. The minimum atomic E-state index is 1.20. The lowest BCUT2D eigenvalue weighted by Crippen LogP contribution is -1.76. The second-order valence-corrected chi connectivity index (χ2v) is 3.59. The summed E-state index contributed by atoms with van der Waals surface area (Å²) in [6, 6.07) is 6.32. The lowest BCUT2D eigenvalue weighted by molar-refractivity contribution is 0.934. The number of aromatic nitrogens is 2. The maximum atomic E-state index is 4.12.